The van der Waals surface area contributed by atoms with E-state index in [-0.39, 0.29) is 11.9 Å². The second-order valence-corrected chi connectivity index (χ2v) is 8.05. The van der Waals surface area contributed by atoms with Crippen molar-refractivity contribution in [1.29, 1.82) is 0 Å². The molecule has 2 aromatic carbocycles. The van der Waals surface area contributed by atoms with E-state index in [9.17, 15) is 9.59 Å². The zero-order valence-electron chi connectivity index (χ0n) is 18.2. The van der Waals surface area contributed by atoms with Crippen molar-refractivity contribution >= 4 is 28.7 Å². The molecule has 1 N–H and O–H groups in total. The molecule has 8 nitrogen and oxygen atoms in total. The van der Waals surface area contributed by atoms with E-state index >= 15 is 0 Å². The van der Waals surface area contributed by atoms with Crippen molar-refractivity contribution < 1.29 is 9.59 Å². The van der Waals surface area contributed by atoms with Crippen LogP contribution in [0.4, 0.5) is 10.5 Å². The van der Waals surface area contributed by atoms with Crippen LogP contribution in [0.3, 0.4) is 0 Å². The van der Waals surface area contributed by atoms with Crippen LogP contribution in [0.25, 0.3) is 11.0 Å². The fourth-order valence-corrected chi connectivity index (χ4v) is 3.82. The van der Waals surface area contributed by atoms with Crippen LogP contribution < -0.4 is 5.32 Å². The number of para-hydroxylation sites is 1. The molecule has 4 rings (SSSR count). The summed E-state index contributed by atoms with van der Waals surface area (Å²) in [5.74, 6) is 0.922. The summed E-state index contributed by atoms with van der Waals surface area (Å²) in [5.41, 5.74) is 3.28. The summed E-state index contributed by atoms with van der Waals surface area (Å²) in [5, 5.41) is 2.95. The Balaban J connectivity index is 1.38. The summed E-state index contributed by atoms with van der Waals surface area (Å²) < 4.78 is 2.08. The van der Waals surface area contributed by atoms with E-state index in [0.29, 0.717) is 25.2 Å². The van der Waals surface area contributed by atoms with Crippen molar-refractivity contribution in [3.8, 4) is 0 Å². The number of anilines is 1. The molecule has 1 fully saturated rings. The number of piperazine rings is 1. The van der Waals surface area contributed by atoms with Crippen LogP contribution in [0.15, 0.2) is 48.5 Å². The lowest BCUT2D eigenvalue weighted by Gasteiger charge is -2.34. The molecular formula is C23H28N6O2. The van der Waals surface area contributed by atoms with Gasteiger partial charge < -0.3 is 19.7 Å². The highest BCUT2D eigenvalue weighted by molar-refractivity contribution is 5.97. The number of aromatic nitrogens is 2. The first-order valence-corrected chi connectivity index (χ1v) is 10.4. The van der Waals surface area contributed by atoms with E-state index in [1.54, 1.807) is 19.0 Å². The lowest BCUT2D eigenvalue weighted by Crippen LogP contribution is -2.49. The molecule has 3 aromatic rings. The van der Waals surface area contributed by atoms with Gasteiger partial charge >= 0.3 is 6.03 Å². The molecule has 0 bridgehead atoms. The van der Waals surface area contributed by atoms with E-state index in [2.05, 4.69) is 14.8 Å². The molecule has 31 heavy (non-hydrogen) atoms. The van der Waals surface area contributed by atoms with Crippen LogP contribution in [0.2, 0.25) is 0 Å². The predicted molar refractivity (Wildman–Crippen MR) is 121 cm³/mol. The van der Waals surface area contributed by atoms with Gasteiger partial charge in [-0.1, -0.05) is 18.2 Å². The third-order valence-electron chi connectivity index (χ3n) is 5.68. The first kappa shape index (κ1) is 20.9. The van der Waals surface area contributed by atoms with Crippen molar-refractivity contribution in [2.45, 2.75) is 6.54 Å². The van der Waals surface area contributed by atoms with Crippen LogP contribution in [-0.4, -0.2) is 76.5 Å². The maximum Gasteiger partial charge on any atom is 0.321 e. The molecule has 0 aliphatic carbocycles. The predicted octanol–water partition coefficient (Wildman–Crippen LogP) is 2.62. The Kier molecular flexibility index (Phi) is 5.90. The summed E-state index contributed by atoms with van der Waals surface area (Å²) >= 11 is 0. The molecule has 3 amide bonds. The van der Waals surface area contributed by atoms with Gasteiger partial charge in [0.2, 0.25) is 0 Å². The molecule has 1 aromatic heterocycles. The van der Waals surface area contributed by atoms with E-state index in [1.165, 1.54) is 0 Å². The number of carbonyl (C=O) groups is 2. The molecule has 1 aliphatic rings. The first-order chi connectivity index (χ1) is 14.9. The number of imidazole rings is 1. The fourth-order valence-electron chi connectivity index (χ4n) is 3.82. The second kappa shape index (κ2) is 8.77. The molecule has 0 saturated carbocycles. The van der Waals surface area contributed by atoms with E-state index < -0.39 is 0 Å². The van der Waals surface area contributed by atoms with Crippen molar-refractivity contribution in [2.24, 2.45) is 7.05 Å². The number of urea groups is 1. The summed E-state index contributed by atoms with van der Waals surface area (Å²) in [6, 6.07) is 15.1. The van der Waals surface area contributed by atoms with Gasteiger partial charge in [0.1, 0.15) is 5.82 Å². The molecule has 162 valence electrons. The molecule has 1 saturated heterocycles. The molecule has 0 atom stereocenters. The summed E-state index contributed by atoms with van der Waals surface area (Å²) in [6.45, 7) is 3.62. The smallest absolute Gasteiger partial charge is 0.321 e. The zero-order chi connectivity index (χ0) is 22.0. The molecular weight excluding hydrogens is 392 g/mol. The fraction of sp³-hybridized carbons (Fsp3) is 0.348. The quantitative estimate of drug-likeness (QED) is 0.704. The van der Waals surface area contributed by atoms with Crippen molar-refractivity contribution in [2.75, 3.05) is 45.6 Å². The van der Waals surface area contributed by atoms with Crippen molar-refractivity contribution in [3.05, 3.63) is 59.9 Å². The third kappa shape index (κ3) is 4.54. The number of hydrogen-bond donors (Lipinski definition) is 1. The van der Waals surface area contributed by atoms with Gasteiger partial charge in [-0.15, -0.1) is 0 Å². The molecule has 1 aliphatic heterocycles. The lowest BCUT2D eigenvalue weighted by molar-refractivity contribution is 0.0827. The lowest BCUT2D eigenvalue weighted by atomic mass is 10.2. The molecule has 8 heteroatoms. The number of nitrogens with one attached hydrogen (secondary N) is 1. The normalized spacial score (nSPS) is 14.6. The van der Waals surface area contributed by atoms with Crippen LogP contribution in [0, 0.1) is 0 Å². The Hall–Kier alpha value is -3.39. The average molecular weight is 421 g/mol. The Labute approximate surface area is 182 Å². The number of hydrogen-bond acceptors (Lipinski definition) is 4. The van der Waals surface area contributed by atoms with Gasteiger partial charge in [0.15, 0.2) is 0 Å². The van der Waals surface area contributed by atoms with Gasteiger partial charge in [0.25, 0.3) is 5.91 Å². The second-order valence-electron chi connectivity index (χ2n) is 8.05. The van der Waals surface area contributed by atoms with Crippen molar-refractivity contribution in [1.82, 2.24) is 24.3 Å². The Bertz CT molecular complexity index is 1080. The Morgan fingerprint density at radius 3 is 2.42 bits per heavy atom. The monoisotopic (exact) mass is 420 g/mol. The number of aryl methyl sites for hydroxylation is 1. The van der Waals surface area contributed by atoms with Gasteiger partial charge in [-0.25, -0.2) is 9.78 Å². The van der Waals surface area contributed by atoms with Gasteiger partial charge in [-0.2, -0.15) is 0 Å². The number of amides is 3. The molecule has 2 heterocycles. The zero-order valence-corrected chi connectivity index (χ0v) is 18.2. The third-order valence-corrected chi connectivity index (χ3v) is 5.68. The van der Waals surface area contributed by atoms with E-state index in [1.807, 2.05) is 60.5 Å². The molecule has 0 radical (unpaired) electrons. The summed E-state index contributed by atoms with van der Waals surface area (Å²) in [4.78, 5) is 35.2. The van der Waals surface area contributed by atoms with E-state index in [4.69, 9.17) is 4.98 Å². The minimum Gasteiger partial charge on any atom is -0.345 e. The minimum absolute atomic E-state index is 0.0287. The Morgan fingerprint density at radius 1 is 1.03 bits per heavy atom. The summed E-state index contributed by atoms with van der Waals surface area (Å²) in [6.07, 6.45) is 0. The number of fused-ring (bicyclic) bond motifs is 1. The van der Waals surface area contributed by atoms with Crippen LogP contribution in [-0.2, 0) is 13.6 Å². The van der Waals surface area contributed by atoms with Gasteiger partial charge in [-0.05, 0) is 30.3 Å². The average Bonchev–Trinajstić information content (AvgIpc) is 3.08. The van der Waals surface area contributed by atoms with Gasteiger partial charge in [0.05, 0.1) is 17.6 Å². The SMILES string of the molecule is CN(C)C(=O)c1ccc2c(c1)nc(CN1CCN(C(=O)Nc3ccccc3)CC1)n2C. The number of rotatable bonds is 4. The standard InChI is InChI=1S/C23H28N6O2/c1-26(2)22(30)17-9-10-20-19(15-17)25-21(27(20)3)16-28-11-13-29(14-12-28)23(31)24-18-7-5-4-6-8-18/h4-10,15H,11-14,16H2,1-3H3,(H,24,31). The molecule has 0 unspecified atom stereocenters. The van der Waals surface area contributed by atoms with Gasteiger partial charge in [0, 0.05) is 58.6 Å². The number of nitrogens with zero attached hydrogens (tertiary/aromatic N) is 5. The van der Waals surface area contributed by atoms with Gasteiger partial charge in [-0.3, -0.25) is 9.69 Å². The highest BCUT2D eigenvalue weighted by Crippen LogP contribution is 2.19. The van der Waals surface area contributed by atoms with Crippen LogP contribution in [0.5, 0.6) is 0 Å². The maximum absolute atomic E-state index is 12.5. The molecule has 0 spiro atoms. The maximum atomic E-state index is 12.5. The summed E-state index contributed by atoms with van der Waals surface area (Å²) in [7, 11) is 5.49. The minimum atomic E-state index is -0.0633. The van der Waals surface area contributed by atoms with E-state index in [0.717, 1.165) is 35.6 Å². The topological polar surface area (TPSA) is 73.7 Å². The first-order valence-electron chi connectivity index (χ1n) is 10.4. The largest absolute Gasteiger partial charge is 0.345 e. The van der Waals surface area contributed by atoms with Crippen LogP contribution in [0.1, 0.15) is 16.2 Å². The number of carbonyl (C=O) groups excluding carboxylic acids is 2. The highest BCUT2D eigenvalue weighted by atomic mass is 16.2. The number of benzene rings is 2. The van der Waals surface area contributed by atoms with Crippen molar-refractivity contribution in [3.63, 3.8) is 0 Å². The highest BCUT2D eigenvalue weighted by Gasteiger charge is 2.22. The van der Waals surface area contributed by atoms with Crippen LogP contribution >= 0.6 is 0 Å². The Morgan fingerprint density at radius 2 is 1.74 bits per heavy atom.